The van der Waals surface area contributed by atoms with E-state index in [1.165, 1.54) is 0 Å². The molecule has 0 aromatic rings. The fourth-order valence-corrected chi connectivity index (χ4v) is 0. The molecule has 0 aromatic carbocycles. The average Bonchev–Trinajstić information content (AvgIpc) is 1.36. The summed E-state index contributed by atoms with van der Waals surface area (Å²) in [5.41, 5.74) is 0. The molecule has 0 amide bonds. The summed E-state index contributed by atoms with van der Waals surface area (Å²) in [7, 11) is 0. The Kier molecular flexibility index (Phi) is 3.22. The van der Waals surface area contributed by atoms with Crippen LogP contribution in [0.3, 0.4) is 0 Å². The molecule has 0 bridgehead atoms. The van der Waals surface area contributed by atoms with Gasteiger partial charge in [0.2, 0.25) is 0 Å². The Balaban J connectivity index is 2.99. The van der Waals surface area contributed by atoms with Gasteiger partial charge in [-0.1, -0.05) is 0 Å². The minimum atomic E-state index is -1.20. The Bertz CT molecular complexity index is 28.5. The molecule has 2 N–H and O–H groups in total. The molecular weight excluding hydrogens is 181 g/mol. The first-order chi connectivity index (χ1) is 2.64. The number of nitrogens with two attached hydrogens (primary N) is 1. The molecule has 0 saturated carbocycles. The van der Waals surface area contributed by atoms with Crippen LogP contribution in [0.25, 0.3) is 0 Å². The van der Waals surface area contributed by atoms with Crippen molar-refractivity contribution < 1.29 is 0 Å². The third kappa shape index (κ3) is 2.97. The second kappa shape index (κ2) is 2.85. The van der Waals surface area contributed by atoms with E-state index in [1.54, 1.807) is 0 Å². The van der Waals surface area contributed by atoms with E-state index in [0.717, 1.165) is 3.93 Å². The van der Waals surface area contributed by atoms with Gasteiger partial charge in [0, 0.05) is 0 Å². The van der Waals surface area contributed by atoms with Crippen molar-refractivity contribution in [1.29, 1.82) is 0 Å². The monoisotopic (exact) mass is 194 g/mol. The van der Waals surface area contributed by atoms with E-state index in [2.05, 4.69) is 18.8 Å². The van der Waals surface area contributed by atoms with Gasteiger partial charge >= 0.3 is 46.7 Å². The molecule has 0 aliphatic rings. The van der Waals surface area contributed by atoms with Crippen molar-refractivity contribution in [3.05, 3.63) is 0 Å². The summed E-state index contributed by atoms with van der Waals surface area (Å²) in [5.74, 6) is 0. The standard InChI is InChI=1S/C3H7.CH3.H2N.Sn/c1-3-2;;;/h3H,1-2H3;1H3;1H2;/q;;-1;+1. The van der Waals surface area contributed by atoms with E-state index in [0.29, 0.717) is 0 Å². The fourth-order valence-electron chi connectivity index (χ4n) is 0. The van der Waals surface area contributed by atoms with Crippen molar-refractivity contribution >= 4 is 20.0 Å². The van der Waals surface area contributed by atoms with Crippen molar-refractivity contribution in [3.8, 4) is 0 Å². The zero-order valence-electron chi connectivity index (χ0n) is 4.65. The van der Waals surface area contributed by atoms with E-state index in [4.69, 9.17) is 3.96 Å². The first-order valence-corrected chi connectivity index (χ1v) is 8.38. The normalized spacial score (nSPS) is 11.0. The van der Waals surface area contributed by atoms with Gasteiger partial charge in [0.15, 0.2) is 0 Å². The molecule has 1 radical (unpaired) electrons. The number of hydrogen-bond acceptors (Lipinski definition) is 1. The van der Waals surface area contributed by atoms with Crippen LogP contribution in [0.1, 0.15) is 13.8 Å². The van der Waals surface area contributed by atoms with E-state index >= 15 is 0 Å². The Morgan fingerprint density at radius 2 is 1.67 bits per heavy atom. The molecule has 0 spiro atoms. The molecule has 0 heterocycles. The second-order valence-electron chi connectivity index (χ2n) is 1.90. The fraction of sp³-hybridized carbons (Fsp3) is 1.00. The van der Waals surface area contributed by atoms with E-state index < -0.39 is 20.0 Å². The molecular formula is C4H12NSn. The molecule has 2 heteroatoms. The molecule has 6 heavy (non-hydrogen) atoms. The molecule has 0 aliphatic carbocycles. The van der Waals surface area contributed by atoms with Gasteiger partial charge in [-0.05, 0) is 0 Å². The summed E-state index contributed by atoms with van der Waals surface area (Å²) < 4.78 is 6.46. The Labute approximate surface area is 47.0 Å². The predicted octanol–water partition coefficient (Wildman–Crippen LogP) is 0.976. The molecule has 37 valence electrons. The Hall–Kier alpha value is 0.759. The molecule has 0 unspecified atom stereocenters. The van der Waals surface area contributed by atoms with Crippen LogP contribution < -0.4 is 3.96 Å². The zero-order valence-corrected chi connectivity index (χ0v) is 7.51. The van der Waals surface area contributed by atoms with E-state index in [-0.39, 0.29) is 0 Å². The van der Waals surface area contributed by atoms with Crippen molar-refractivity contribution in [2.75, 3.05) is 0 Å². The van der Waals surface area contributed by atoms with E-state index in [1.807, 2.05) is 0 Å². The van der Waals surface area contributed by atoms with Crippen LogP contribution in [0.5, 0.6) is 0 Å². The Morgan fingerprint density at radius 3 is 1.67 bits per heavy atom. The summed E-state index contributed by atoms with van der Waals surface area (Å²) in [6.07, 6.45) is 0. The third-order valence-corrected chi connectivity index (χ3v) is 6.11. The molecule has 0 rings (SSSR count). The zero-order chi connectivity index (χ0) is 5.15. The van der Waals surface area contributed by atoms with Gasteiger partial charge in [0.25, 0.3) is 0 Å². The van der Waals surface area contributed by atoms with Gasteiger partial charge in [-0.3, -0.25) is 0 Å². The van der Waals surface area contributed by atoms with Crippen LogP contribution >= 0.6 is 0 Å². The molecule has 0 saturated heterocycles. The van der Waals surface area contributed by atoms with Crippen molar-refractivity contribution in [2.24, 2.45) is 3.96 Å². The van der Waals surface area contributed by atoms with E-state index in [9.17, 15) is 0 Å². The molecule has 0 aliphatic heterocycles. The first-order valence-electron chi connectivity index (χ1n) is 2.23. The summed E-state index contributed by atoms with van der Waals surface area (Å²) >= 11 is -1.20. The summed E-state index contributed by atoms with van der Waals surface area (Å²) in [4.78, 5) is 2.22. The third-order valence-electron chi connectivity index (χ3n) is 0.911. The minimum absolute atomic E-state index is 0.826. The van der Waals surface area contributed by atoms with Gasteiger partial charge in [-0.2, -0.15) is 0 Å². The van der Waals surface area contributed by atoms with Crippen LogP contribution in [-0.2, 0) is 0 Å². The van der Waals surface area contributed by atoms with Crippen LogP contribution in [0.15, 0.2) is 0 Å². The molecule has 1 nitrogen and oxygen atoms in total. The SMILES string of the molecule is C[CH](C)[Sn]([CH3])[NH2]. The average molecular weight is 193 g/mol. The summed E-state index contributed by atoms with van der Waals surface area (Å²) in [5, 5.41) is 0. The van der Waals surface area contributed by atoms with Crippen LogP contribution in [0.2, 0.25) is 8.87 Å². The maximum absolute atomic E-state index is 5.63. The number of rotatable bonds is 1. The maximum atomic E-state index is 5.63. The van der Waals surface area contributed by atoms with Gasteiger partial charge < -0.3 is 0 Å². The first kappa shape index (κ1) is 6.76. The Morgan fingerprint density at radius 1 is 1.50 bits per heavy atom. The van der Waals surface area contributed by atoms with Gasteiger partial charge in [-0.25, -0.2) is 0 Å². The summed E-state index contributed by atoms with van der Waals surface area (Å²) in [6.45, 7) is 4.41. The van der Waals surface area contributed by atoms with Gasteiger partial charge in [0.1, 0.15) is 0 Å². The van der Waals surface area contributed by atoms with Crippen molar-refractivity contribution in [3.63, 3.8) is 0 Å². The molecule has 0 aromatic heterocycles. The van der Waals surface area contributed by atoms with Crippen molar-refractivity contribution in [1.82, 2.24) is 0 Å². The topological polar surface area (TPSA) is 26.0 Å². The van der Waals surface area contributed by atoms with Crippen LogP contribution in [0.4, 0.5) is 0 Å². The number of hydrogen-bond donors (Lipinski definition) is 1. The van der Waals surface area contributed by atoms with Gasteiger partial charge in [0.05, 0.1) is 0 Å². The second-order valence-corrected chi connectivity index (χ2v) is 9.44. The molecule has 0 atom stereocenters. The van der Waals surface area contributed by atoms with Gasteiger partial charge in [-0.15, -0.1) is 0 Å². The van der Waals surface area contributed by atoms with Crippen LogP contribution in [-0.4, -0.2) is 20.0 Å². The quantitative estimate of drug-likeness (QED) is 0.617. The summed E-state index contributed by atoms with van der Waals surface area (Å²) in [6, 6.07) is 0. The van der Waals surface area contributed by atoms with Crippen LogP contribution in [0, 0.1) is 0 Å². The molecule has 0 fully saturated rings. The predicted molar refractivity (Wildman–Crippen MR) is 30.9 cm³/mol. The van der Waals surface area contributed by atoms with Crippen molar-refractivity contribution in [2.45, 2.75) is 22.7 Å².